The number of hydrogen-bond donors (Lipinski definition) is 0. The highest BCUT2D eigenvalue weighted by molar-refractivity contribution is 7.26. The van der Waals surface area contributed by atoms with E-state index in [0.29, 0.717) is 26.2 Å². The summed E-state index contributed by atoms with van der Waals surface area (Å²) in [7, 11) is 0. The number of carbonyl (C=O) groups is 2. The Morgan fingerprint density at radius 2 is 1.68 bits per heavy atom. The highest BCUT2D eigenvalue weighted by atomic mass is 32.1. The van der Waals surface area contributed by atoms with Crippen molar-refractivity contribution >= 4 is 44.7 Å². The minimum Gasteiger partial charge on any atom is -0.339 e. The number of benzene rings is 1. The minimum atomic E-state index is 0.0422. The Kier molecular flexibility index (Phi) is 4.27. The van der Waals surface area contributed by atoms with Gasteiger partial charge in [0.2, 0.25) is 5.91 Å². The topological polar surface area (TPSA) is 53.5 Å². The number of para-hydroxylation sites is 1. The summed E-state index contributed by atoms with van der Waals surface area (Å²) in [5.74, 6) is 0.113. The zero-order valence-electron chi connectivity index (χ0n) is 13.8. The fourth-order valence-electron chi connectivity index (χ4n) is 2.93. The van der Waals surface area contributed by atoms with E-state index in [-0.39, 0.29) is 11.8 Å². The Hall–Kier alpha value is -2.25. The number of fused-ring (bicyclic) bond motifs is 1. The van der Waals surface area contributed by atoms with Crippen LogP contribution in [0.4, 0.5) is 0 Å². The molecule has 0 radical (unpaired) electrons. The molecule has 7 heteroatoms. The molecular formula is C18H17N3O2S2. The van der Waals surface area contributed by atoms with E-state index >= 15 is 0 Å². The number of piperazine rings is 1. The number of aromatic nitrogens is 1. The van der Waals surface area contributed by atoms with Gasteiger partial charge in [0.1, 0.15) is 5.01 Å². The third-order valence-electron chi connectivity index (χ3n) is 4.33. The van der Waals surface area contributed by atoms with Crippen molar-refractivity contribution in [3.8, 4) is 9.88 Å². The third-order valence-corrected chi connectivity index (χ3v) is 6.61. The molecule has 0 aliphatic carbocycles. The molecule has 0 atom stereocenters. The summed E-state index contributed by atoms with van der Waals surface area (Å²) in [5, 5.41) is 0.951. The van der Waals surface area contributed by atoms with Gasteiger partial charge in [-0.3, -0.25) is 9.59 Å². The molecule has 0 saturated carbocycles. The van der Waals surface area contributed by atoms with Gasteiger partial charge in [-0.15, -0.1) is 22.7 Å². The van der Waals surface area contributed by atoms with E-state index in [9.17, 15) is 9.59 Å². The summed E-state index contributed by atoms with van der Waals surface area (Å²) in [6.07, 6.45) is 0. The highest BCUT2D eigenvalue weighted by Crippen LogP contribution is 2.34. The summed E-state index contributed by atoms with van der Waals surface area (Å²) in [6.45, 7) is 3.97. The quantitative estimate of drug-likeness (QED) is 0.694. The van der Waals surface area contributed by atoms with Crippen LogP contribution < -0.4 is 0 Å². The minimum absolute atomic E-state index is 0.0422. The van der Waals surface area contributed by atoms with Crippen molar-refractivity contribution in [2.45, 2.75) is 6.92 Å². The second kappa shape index (κ2) is 6.57. The fraction of sp³-hybridized carbons (Fsp3) is 0.278. The van der Waals surface area contributed by atoms with Crippen molar-refractivity contribution < 1.29 is 9.59 Å². The second-order valence-corrected chi connectivity index (χ2v) is 8.06. The summed E-state index contributed by atoms with van der Waals surface area (Å²) in [5.41, 5.74) is 0.990. The summed E-state index contributed by atoms with van der Waals surface area (Å²) >= 11 is 3.13. The first-order chi connectivity index (χ1) is 12.1. The predicted molar refractivity (Wildman–Crippen MR) is 101 cm³/mol. The van der Waals surface area contributed by atoms with Gasteiger partial charge in [-0.25, -0.2) is 4.98 Å². The number of hydrogen-bond acceptors (Lipinski definition) is 5. The smallest absolute Gasteiger partial charge is 0.264 e. The van der Waals surface area contributed by atoms with Gasteiger partial charge in [0.25, 0.3) is 5.91 Å². The lowest BCUT2D eigenvalue weighted by Gasteiger charge is -2.33. The van der Waals surface area contributed by atoms with Crippen LogP contribution in [0.1, 0.15) is 16.6 Å². The van der Waals surface area contributed by atoms with Gasteiger partial charge in [-0.05, 0) is 24.3 Å². The molecule has 1 saturated heterocycles. The summed E-state index contributed by atoms with van der Waals surface area (Å²) in [6, 6.07) is 11.9. The average Bonchev–Trinajstić information content (AvgIpc) is 3.27. The molecule has 4 rings (SSSR count). The van der Waals surface area contributed by atoms with Crippen molar-refractivity contribution in [3.05, 3.63) is 41.3 Å². The molecule has 2 amide bonds. The standard InChI is InChI=1S/C18H17N3O2S2/c1-12(22)20-8-10-21(11-9-20)18(23)16-7-6-15(24-16)17-19-13-4-2-3-5-14(13)25-17/h2-7H,8-11H2,1H3. The molecule has 25 heavy (non-hydrogen) atoms. The van der Waals surface area contributed by atoms with Crippen LogP contribution in [0.3, 0.4) is 0 Å². The van der Waals surface area contributed by atoms with E-state index < -0.39 is 0 Å². The third kappa shape index (κ3) is 3.17. The van der Waals surface area contributed by atoms with Crippen LogP contribution in [0.2, 0.25) is 0 Å². The summed E-state index contributed by atoms with van der Waals surface area (Å²) in [4.78, 5) is 34.1. The fourth-order valence-corrected chi connectivity index (χ4v) is 4.92. The number of thiazole rings is 1. The molecule has 0 spiro atoms. The zero-order chi connectivity index (χ0) is 17.4. The maximum absolute atomic E-state index is 12.7. The number of rotatable bonds is 2. The van der Waals surface area contributed by atoms with Gasteiger partial charge in [0, 0.05) is 33.1 Å². The Morgan fingerprint density at radius 1 is 0.960 bits per heavy atom. The number of carbonyl (C=O) groups excluding carboxylic acids is 2. The van der Waals surface area contributed by atoms with E-state index in [4.69, 9.17) is 0 Å². The maximum Gasteiger partial charge on any atom is 0.264 e. The lowest BCUT2D eigenvalue weighted by molar-refractivity contribution is -0.130. The van der Waals surface area contributed by atoms with Gasteiger partial charge >= 0.3 is 0 Å². The molecule has 0 bridgehead atoms. The molecule has 128 valence electrons. The molecule has 3 aromatic rings. The van der Waals surface area contributed by atoms with E-state index in [2.05, 4.69) is 11.1 Å². The second-order valence-electron chi connectivity index (χ2n) is 5.95. The van der Waals surface area contributed by atoms with Crippen molar-refractivity contribution in [3.63, 3.8) is 0 Å². The Balaban J connectivity index is 1.51. The molecule has 0 unspecified atom stereocenters. The van der Waals surface area contributed by atoms with Crippen LogP contribution in [0.15, 0.2) is 36.4 Å². The van der Waals surface area contributed by atoms with Crippen molar-refractivity contribution in [1.82, 2.24) is 14.8 Å². The molecule has 1 aliphatic heterocycles. The first kappa shape index (κ1) is 16.2. The Morgan fingerprint density at radius 3 is 2.40 bits per heavy atom. The normalized spacial score (nSPS) is 14.9. The number of amides is 2. The van der Waals surface area contributed by atoms with Gasteiger partial charge in [-0.1, -0.05) is 12.1 Å². The van der Waals surface area contributed by atoms with E-state index in [1.54, 1.807) is 23.2 Å². The van der Waals surface area contributed by atoms with Crippen molar-refractivity contribution in [1.29, 1.82) is 0 Å². The zero-order valence-corrected chi connectivity index (χ0v) is 15.4. The molecule has 1 aromatic carbocycles. The van der Waals surface area contributed by atoms with Crippen LogP contribution >= 0.6 is 22.7 Å². The molecule has 5 nitrogen and oxygen atoms in total. The van der Waals surface area contributed by atoms with Crippen molar-refractivity contribution in [2.24, 2.45) is 0 Å². The lowest BCUT2D eigenvalue weighted by Crippen LogP contribution is -2.49. The molecule has 2 aromatic heterocycles. The van der Waals surface area contributed by atoms with E-state index in [1.807, 2.05) is 35.2 Å². The lowest BCUT2D eigenvalue weighted by atomic mass is 10.3. The molecule has 1 fully saturated rings. The van der Waals surface area contributed by atoms with Crippen molar-refractivity contribution in [2.75, 3.05) is 26.2 Å². The number of nitrogens with zero attached hydrogens (tertiary/aromatic N) is 3. The van der Waals surface area contributed by atoms with Crippen LogP contribution in [-0.2, 0) is 4.79 Å². The number of thiophene rings is 1. The highest BCUT2D eigenvalue weighted by Gasteiger charge is 2.24. The first-order valence-electron chi connectivity index (χ1n) is 8.12. The monoisotopic (exact) mass is 371 g/mol. The van der Waals surface area contributed by atoms with Crippen LogP contribution in [-0.4, -0.2) is 52.8 Å². The average molecular weight is 371 g/mol. The van der Waals surface area contributed by atoms with Crippen LogP contribution in [0.25, 0.3) is 20.1 Å². The molecule has 3 heterocycles. The Bertz CT molecular complexity index is 906. The van der Waals surface area contributed by atoms with Gasteiger partial charge < -0.3 is 9.80 Å². The van der Waals surface area contributed by atoms with Gasteiger partial charge in [-0.2, -0.15) is 0 Å². The maximum atomic E-state index is 12.7. The molecule has 1 aliphatic rings. The van der Waals surface area contributed by atoms with Crippen LogP contribution in [0.5, 0.6) is 0 Å². The Labute approximate surface area is 153 Å². The molecule has 0 N–H and O–H groups in total. The SMILES string of the molecule is CC(=O)N1CCN(C(=O)c2ccc(-c3nc4ccccc4s3)s2)CC1. The largest absolute Gasteiger partial charge is 0.339 e. The summed E-state index contributed by atoms with van der Waals surface area (Å²) < 4.78 is 1.15. The van der Waals surface area contributed by atoms with Crippen LogP contribution in [0, 0.1) is 0 Å². The first-order valence-corrected chi connectivity index (χ1v) is 9.76. The van der Waals surface area contributed by atoms with Gasteiger partial charge in [0.15, 0.2) is 0 Å². The van der Waals surface area contributed by atoms with E-state index in [1.165, 1.54) is 11.3 Å². The molecular weight excluding hydrogens is 354 g/mol. The predicted octanol–water partition coefficient (Wildman–Crippen LogP) is 3.33. The van der Waals surface area contributed by atoms with Gasteiger partial charge in [0.05, 0.1) is 20.0 Å². The van der Waals surface area contributed by atoms with E-state index in [0.717, 1.165) is 25.0 Å².